The molecular formula is C13H22N2O5S. The molecule has 0 aromatic heterocycles. The maximum Gasteiger partial charge on any atom is 0.312 e. The van der Waals surface area contributed by atoms with Crippen LogP contribution in [0.2, 0.25) is 0 Å². The van der Waals surface area contributed by atoms with Gasteiger partial charge >= 0.3 is 5.97 Å². The molecule has 0 radical (unpaired) electrons. The number of rotatable bonds is 6. The van der Waals surface area contributed by atoms with Crippen LogP contribution in [-0.4, -0.2) is 55.6 Å². The molecule has 0 unspecified atom stereocenters. The van der Waals surface area contributed by atoms with Crippen molar-refractivity contribution in [1.29, 1.82) is 0 Å². The molecule has 0 aromatic carbocycles. The average molecular weight is 318 g/mol. The lowest BCUT2D eigenvalue weighted by Gasteiger charge is -2.42. The van der Waals surface area contributed by atoms with Crippen LogP contribution < -0.4 is 4.72 Å². The Bertz CT molecular complexity index is 535. The molecule has 4 aliphatic rings. The molecule has 0 atom stereocenters. The smallest absolute Gasteiger partial charge is 0.312 e. The fourth-order valence-corrected chi connectivity index (χ4v) is 5.11. The molecule has 2 aliphatic heterocycles. The van der Waals surface area contributed by atoms with E-state index in [1.165, 1.54) is 4.31 Å². The fourth-order valence-electron chi connectivity index (χ4n) is 3.85. The van der Waals surface area contributed by atoms with E-state index in [1.54, 1.807) is 7.05 Å². The van der Waals surface area contributed by atoms with Crippen molar-refractivity contribution in [2.45, 2.75) is 50.2 Å². The predicted octanol–water partition coefficient (Wildman–Crippen LogP) is 0.329. The van der Waals surface area contributed by atoms with Gasteiger partial charge in [-0.15, -0.1) is 0 Å². The molecule has 2 heterocycles. The highest BCUT2D eigenvalue weighted by Gasteiger charge is 2.66. The Morgan fingerprint density at radius 3 is 2.52 bits per heavy atom. The van der Waals surface area contributed by atoms with Crippen molar-refractivity contribution in [3.8, 4) is 0 Å². The molecule has 0 aromatic rings. The number of fused-ring (bicyclic) bond motifs is 1. The average Bonchev–Trinajstić information content (AvgIpc) is 3.09. The van der Waals surface area contributed by atoms with Gasteiger partial charge in [0.2, 0.25) is 0 Å². The Morgan fingerprint density at radius 2 is 2.00 bits per heavy atom. The van der Waals surface area contributed by atoms with E-state index in [0.717, 1.165) is 25.7 Å². The summed E-state index contributed by atoms with van der Waals surface area (Å²) in [5, 5.41) is 9.16. The van der Waals surface area contributed by atoms with Gasteiger partial charge in [0.1, 0.15) is 0 Å². The zero-order valence-corrected chi connectivity index (χ0v) is 13.0. The molecule has 7 nitrogen and oxygen atoms in total. The minimum absolute atomic E-state index is 0.0731. The van der Waals surface area contributed by atoms with Gasteiger partial charge < -0.3 is 9.84 Å². The van der Waals surface area contributed by atoms with Crippen molar-refractivity contribution < 1.29 is 23.1 Å². The number of carboxylic acids is 1. The Hall–Kier alpha value is -0.700. The Balaban J connectivity index is 1.57. The second kappa shape index (κ2) is 4.91. The zero-order chi connectivity index (χ0) is 15.3. The maximum atomic E-state index is 12.3. The van der Waals surface area contributed by atoms with Gasteiger partial charge in [-0.2, -0.15) is 17.4 Å². The fraction of sp³-hybridized carbons (Fsp3) is 0.923. The van der Waals surface area contributed by atoms with Crippen LogP contribution in [0.25, 0.3) is 0 Å². The zero-order valence-electron chi connectivity index (χ0n) is 12.2. The van der Waals surface area contributed by atoms with Crippen molar-refractivity contribution in [2.75, 3.05) is 20.2 Å². The summed E-state index contributed by atoms with van der Waals surface area (Å²) in [6, 6.07) is 0.0731. The molecule has 120 valence electrons. The molecule has 2 aliphatic carbocycles. The van der Waals surface area contributed by atoms with Crippen LogP contribution in [0.5, 0.6) is 0 Å². The molecule has 8 heteroatoms. The van der Waals surface area contributed by atoms with Gasteiger partial charge in [-0.1, -0.05) is 12.8 Å². The number of carboxylic acid groups (broad SMARTS) is 1. The SMILES string of the molecule is CN(C1CCCC1)S(=O)(=O)NCC12CC(C(=O)O)(CO1)C2. The number of ether oxygens (including phenoxy) is 1. The van der Waals surface area contributed by atoms with Crippen LogP contribution in [0, 0.1) is 5.41 Å². The van der Waals surface area contributed by atoms with Crippen molar-refractivity contribution in [2.24, 2.45) is 5.41 Å². The lowest BCUT2D eigenvalue weighted by molar-refractivity contribution is -0.153. The Labute approximate surface area is 124 Å². The van der Waals surface area contributed by atoms with Crippen LogP contribution in [0.3, 0.4) is 0 Å². The van der Waals surface area contributed by atoms with Crippen LogP contribution in [0.1, 0.15) is 38.5 Å². The molecule has 0 amide bonds. The first-order valence-electron chi connectivity index (χ1n) is 7.39. The van der Waals surface area contributed by atoms with Crippen molar-refractivity contribution in [3.63, 3.8) is 0 Å². The van der Waals surface area contributed by atoms with Crippen molar-refractivity contribution >= 4 is 16.2 Å². The first-order chi connectivity index (χ1) is 9.79. The van der Waals surface area contributed by atoms with E-state index in [9.17, 15) is 13.2 Å². The summed E-state index contributed by atoms with van der Waals surface area (Å²) in [5.74, 6) is -0.846. The van der Waals surface area contributed by atoms with Crippen molar-refractivity contribution in [3.05, 3.63) is 0 Å². The molecule has 2 saturated heterocycles. The van der Waals surface area contributed by atoms with Gasteiger partial charge in [0, 0.05) is 19.6 Å². The summed E-state index contributed by atoms with van der Waals surface area (Å²) in [4.78, 5) is 11.2. The third-order valence-electron chi connectivity index (χ3n) is 5.22. The largest absolute Gasteiger partial charge is 0.481 e. The minimum Gasteiger partial charge on any atom is -0.481 e. The first kappa shape index (κ1) is 15.2. The molecule has 4 fully saturated rings. The maximum absolute atomic E-state index is 12.3. The number of aliphatic carboxylic acids is 1. The Kier molecular flexibility index (Phi) is 3.55. The van der Waals surface area contributed by atoms with E-state index in [0.29, 0.717) is 12.8 Å². The Morgan fingerprint density at radius 1 is 1.38 bits per heavy atom. The van der Waals surface area contributed by atoms with Gasteiger partial charge in [-0.05, 0) is 25.7 Å². The highest BCUT2D eigenvalue weighted by molar-refractivity contribution is 7.87. The number of nitrogens with one attached hydrogen (secondary N) is 1. The first-order valence-corrected chi connectivity index (χ1v) is 8.83. The summed E-state index contributed by atoms with van der Waals surface area (Å²) < 4.78 is 34.1. The lowest BCUT2D eigenvalue weighted by Crippen LogP contribution is -2.56. The van der Waals surface area contributed by atoms with Crippen LogP contribution in [0.4, 0.5) is 0 Å². The number of hydrogen-bond donors (Lipinski definition) is 2. The van der Waals surface area contributed by atoms with Gasteiger partial charge in [0.15, 0.2) is 0 Å². The van der Waals surface area contributed by atoms with Crippen molar-refractivity contribution in [1.82, 2.24) is 9.03 Å². The number of carbonyl (C=O) groups is 1. The third kappa shape index (κ3) is 2.48. The third-order valence-corrected chi connectivity index (χ3v) is 6.79. The van der Waals surface area contributed by atoms with Crippen LogP contribution >= 0.6 is 0 Å². The standard InChI is InChI=1S/C13H22N2O5S/c1-15(10-4-2-3-5-10)21(18,19)14-8-13-6-12(7-13,9-20-13)11(16)17/h10,14H,2-9H2,1H3,(H,16,17). The molecule has 2 N–H and O–H groups in total. The lowest BCUT2D eigenvalue weighted by atomic mass is 9.62. The van der Waals surface area contributed by atoms with E-state index in [-0.39, 0.29) is 19.2 Å². The molecular weight excluding hydrogens is 296 g/mol. The summed E-state index contributed by atoms with van der Waals surface area (Å²) in [6.45, 7) is 0.337. The van der Waals surface area contributed by atoms with E-state index >= 15 is 0 Å². The molecule has 2 bridgehead atoms. The van der Waals surface area contributed by atoms with E-state index in [2.05, 4.69) is 4.72 Å². The topological polar surface area (TPSA) is 95.9 Å². The highest BCUT2D eigenvalue weighted by atomic mass is 32.2. The minimum atomic E-state index is -3.53. The van der Waals surface area contributed by atoms with Gasteiger partial charge in [-0.3, -0.25) is 4.79 Å². The van der Waals surface area contributed by atoms with Gasteiger partial charge in [-0.25, -0.2) is 0 Å². The molecule has 0 spiro atoms. The molecule has 21 heavy (non-hydrogen) atoms. The van der Waals surface area contributed by atoms with E-state index in [4.69, 9.17) is 9.84 Å². The van der Waals surface area contributed by atoms with Crippen LogP contribution in [-0.2, 0) is 19.7 Å². The van der Waals surface area contributed by atoms with Gasteiger partial charge in [0.05, 0.1) is 17.6 Å². The molecule has 4 rings (SSSR count). The monoisotopic (exact) mass is 318 g/mol. The molecule has 2 saturated carbocycles. The second-order valence-electron chi connectivity index (χ2n) is 6.69. The summed E-state index contributed by atoms with van der Waals surface area (Å²) in [5.41, 5.74) is -1.41. The highest BCUT2D eigenvalue weighted by Crippen LogP contribution is 2.57. The quantitative estimate of drug-likeness (QED) is 0.736. The summed E-state index contributed by atoms with van der Waals surface area (Å²) >= 11 is 0. The van der Waals surface area contributed by atoms with E-state index in [1.807, 2.05) is 0 Å². The van der Waals surface area contributed by atoms with E-state index < -0.39 is 27.2 Å². The predicted molar refractivity (Wildman–Crippen MR) is 74.9 cm³/mol. The summed E-state index contributed by atoms with van der Waals surface area (Å²) in [6.07, 6.45) is 4.73. The second-order valence-corrected chi connectivity index (χ2v) is 8.51. The van der Waals surface area contributed by atoms with Gasteiger partial charge in [0.25, 0.3) is 10.2 Å². The summed E-state index contributed by atoms with van der Waals surface area (Å²) in [7, 11) is -1.92. The number of hydrogen-bond acceptors (Lipinski definition) is 4. The van der Waals surface area contributed by atoms with Crippen LogP contribution in [0.15, 0.2) is 0 Å². The number of nitrogens with zero attached hydrogens (tertiary/aromatic N) is 1. The normalized spacial score (nSPS) is 36.1.